The smallest absolute Gasteiger partial charge is 0.242 e. The molecule has 7 heteroatoms. The Morgan fingerprint density at radius 1 is 1.13 bits per heavy atom. The predicted octanol–water partition coefficient (Wildman–Crippen LogP) is 5.02. The number of benzene rings is 2. The van der Waals surface area contributed by atoms with Gasteiger partial charge in [-0.25, -0.2) is 0 Å². The van der Waals surface area contributed by atoms with Crippen molar-refractivity contribution in [2.24, 2.45) is 0 Å². The van der Waals surface area contributed by atoms with Gasteiger partial charge in [-0.1, -0.05) is 54.2 Å². The Morgan fingerprint density at radius 2 is 1.81 bits per heavy atom. The Hall–Kier alpha value is -2.24. The Bertz CT molecular complexity index is 912. The molecule has 0 spiro atoms. The number of halogens is 2. The Labute approximate surface area is 193 Å². The molecule has 1 N–H and O–H groups in total. The van der Waals surface area contributed by atoms with Crippen molar-refractivity contribution in [3.8, 4) is 5.75 Å². The van der Waals surface area contributed by atoms with Crippen LogP contribution in [0.25, 0.3) is 0 Å². The summed E-state index contributed by atoms with van der Waals surface area (Å²) in [5.41, 5.74) is 1.59. The van der Waals surface area contributed by atoms with E-state index in [1.54, 1.807) is 37.1 Å². The second-order valence-electron chi connectivity index (χ2n) is 7.95. The molecule has 1 atom stereocenters. The van der Waals surface area contributed by atoms with Crippen molar-refractivity contribution >= 4 is 35.0 Å². The quantitative estimate of drug-likeness (QED) is 0.598. The van der Waals surface area contributed by atoms with Crippen molar-refractivity contribution in [2.75, 3.05) is 7.11 Å². The summed E-state index contributed by atoms with van der Waals surface area (Å²) >= 11 is 12.3. The normalized spacial score (nSPS) is 14.8. The van der Waals surface area contributed by atoms with Gasteiger partial charge in [0, 0.05) is 22.6 Å². The van der Waals surface area contributed by atoms with Gasteiger partial charge in [-0.2, -0.15) is 0 Å². The molecule has 2 aromatic rings. The van der Waals surface area contributed by atoms with E-state index in [1.165, 1.54) is 0 Å². The minimum atomic E-state index is -0.610. The van der Waals surface area contributed by atoms with E-state index in [-0.39, 0.29) is 24.3 Å². The van der Waals surface area contributed by atoms with Gasteiger partial charge in [0.2, 0.25) is 11.8 Å². The molecular weight excluding hydrogens is 435 g/mol. The maximum Gasteiger partial charge on any atom is 0.242 e. The van der Waals surface area contributed by atoms with Crippen molar-refractivity contribution in [1.82, 2.24) is 10.2 Å². The van der Waals surface area contributed by atoms with Crippen LogP contribution in [-0.2, 0) is 22.6 Å². The first-order valence-electron chi connectivity index (χ1n) is 10.5. The summed E-state index contributed by atoms with van der Waals surface area (Å²) in [4.78, 5) is 27.8. The minimum absolute atomic E-state index is 0.0905. The van der Waals surface area contributed by atoms with Gasteiger partial charge in [-0.3, -0.25) is 9.59 Å². The van der Waals surface area contributed by atoms with Crippen LogP contribution in [0, 0.1) is 0 Å². The van der Waals surface area contributed by atoms with Crippen molar-refractivity contribution in [3.63, 3.8) is 0 Å². The Balaban J connectivity index is 1.78. The van der Waals surface area contributed by atoms with Gasteiger partial charge in [-0.05, 0) is 55.2 Å². The second kappa shape index (κ2) is 10.9. The number of carbonyl (C=O) groups excluding carboxylic acids is 2. The Morgan fingerprint density at radius 3 is 2.42 bits per heavy atom. The molecule has 0 aliphatic heterocycles. The van der Waals surface area contributed by atoms with Gasteiger partial charge in [0.05, 0.1) is 13.5 Å². The van der Waals surface area contributed by atoms with Crippen molar-refractivity contribution in [3.05, 3.63) is 63.6 Å². The zero-order chi connectivity index (χ0) is 22.4. The van der Waals surface area contributed by atoms with Gasteiger partial charge >= 0.3 is 0 Å². The molecule has 1 unspecified atom stereocenters. The summed E-state index contributed by atoms with van der Waals surface area (Å²) in [6.45, 7) is 2.09. The van der Waals surface area contributed by atoms with Gasteiger partial charge in [0.15, 0.2) is 0 Å². The summed E-state index contributed by atoms with van der Waals surface area (Å²) in [6, 6.07) is 12.1. The third-order valence-corrected chi connectivity index (χ3v) is 6.32. The molecule has 2 aromatic carbocycles. The lowest BCUT2D eigenvalue weighted by atomic mass is 10.1. The molecule has 1 aliphatic carbocycles. The SMILES string of the molecule is COc1ccc(CN(C(=O)Cc2ccc(Cl)cc2Cl)C(C)C(=O)NC2CCCC2)cc1. The first-order chi connectivity index (χ1) is 14.9. The summed E-state index contributed by atoms with van der Waals surface area (Å²) in [5, 5.41) is 4.06. The van der Waals surface area contributed by atoms with Crippen LogP contribution in [0.2, 0.25) is 10.0 Å². The molecule has 166 valence electrons. The molecule has 1 saturated carbocycles. The lowest BCUT2D eigenvalue weighted by molar-refractivity contribution is -0.140. The van der Waals surface area contributed by atoms with Crippen LogP contribution >= 0.6 is 23.2 Å². The molecule has 5 nitrogen and oxygen atoms in total. The van der Waals surface area contributed by atoms with E-state index in [0.29, 0.717) is 22.2 Å². The van der Waals surface area contributed by atoms with Crippen molar-refractivity contribution in [1.29, 1.82) is 0 Å². The molecule has 2 amide bonds. The highest BCUT2D eigenvalue weighted by molar-refractivity contribution is 6.35. The first-order valence-corrected chi connectivity index (χ1v) is 11.3. The summed E-state index contributed by atoms with van der Waals surface area (Å²) in [6.07, 6.45) is 4.33. The van der Waals surface area contributed by atoms with Crippen LogP contribution in [-0.4, -0.2) is 35.9 Å². The largest absolute Gasteiger partial charge is 0.497 e. The standard InChI is InChI=1S/C24H28Cl2N2O3/c1-16(24(30)27-20-5-3-4-6-20)28(15-17-7-11-21(31-2)12-8-17)23(29)13-18-9-10-19(25)14-22(18)26/h7-12,14,16,20H,3-6,13,15H2,1-2H3,(H,27,30). The van der Waals surface area contributed by atoms with Gasteiger partial charge in [0.1, 0.15) is 11.8 Å². The highest BCUT2D eigenvalue weighted by Gasteiger charge is 2.28. The third kappa shape index (κ3) is 6.37. The number of methoxy groups -OCH3 is 1. The fourth-order valence-corrected chi connectivity index (χ4v) is 4.31. The fraction of sp³-hybridized carbons (Fsp3) is 0.417. The lowest BCUT2D eigenvalue weighted by Gasteiger charge is -2.30. The fourth-order valence-electron chi connectivity index (χ4n) is 3.83. The summed E-state index contributed by atoms with van der Waals surface area (Å²) in [7, 11) is 1.61. The molecule has 0 radical (unpaired) electrons. The van der Waals surface area contributed by atoms with Crippen molar-refractivity contribution in [2.45, 2.75) is 57.7 Å². The van der Waals surface area contributed by atoms with E-state index in [0.717, 1.165) is 37.0 Å². The highest BCUT2D eigenvalue weighted by atomic mass is 35.5. The Kier molecular flexibility index (Phi) is 8.22. The monoisotopic (exact) mass is 462 g/mol. The topological polar surface area (TPSA) is 58.6 Å². The van der Waals surface area contributed by atoms with E-state index in [4.69, 9.17) is 27.9 Å². The number of ether oxygens (including phenoxy) is 1. The maximum atomic E-state index is 13.3. The molecule has 0 aromatic heterocycles. The summed E-state index contributed by atoms with van der Waals surface area (Å²) in [5.74, 6) is 0.437. The summed E-state index contributed by atoms with van der Waals surface area (Å²) < 4.78 is 5.21. The molecule has 0 bridgehead atoms. The molecule has 0 heterocycles. The van der Waals surface area contributed by atoms with Crippen molar-refractivity contribution < 1.29 is 14.3 Å². The highest BCUT2D eigenvalue weighted by Crippen LogP contribution is 2.23. The molecule has 3 rings (SSSR count). The van der Waals surface area contributed by atoms with Crippen LogP contribution in [0.15, 0.2) is 42.5 Å². The van der Waals surface area contributed by atoms with Gasteiger partial charge in [-0.15, -0.1) is 0 Å². The number of hydrogen-bond donors (Lipinski definition) is 1. The number of amides is 2. The average Bonchev–Trinajstić information content (AvgIpc) is 3.27. The minimum Gasteiger partial charge on any atom is -0.497 e. The number of nitrogens with zero attached hydrogens (tertiary/aromatic N) is 1. The van der Waals surface area contributed by atoms with E-state index in [9.17, 15) is 9.59 Å². The number of hydrogen-bond acceptors (Lipinski definition) is 3. The number of nitrogens with one attached hydrogen (secondary N) is 1. The van der Waals surface area contributed by atoms with Gasteiger partial charge < -0.3 is 15.0 Å². The number of rotatable bonds is 8. The lowest BCUT2D eigenvalue weighted by Crippen LogP contribution is -2.50. The predicted molar refractivity (Wildman–Crippen MR) is 124 cm³/mol. The average molecular weight is 463 g/mol. The zero-order valence-electron chi connectivity index (χ0n) is 17.9. The van der Waals surface area contributed by atoms with E-state index < -0.39 is 6.04 Å². The van der Waals surface area contributed by atoms with E-state index in [2.05, 4.69) is 5.32 Å². The molecular formula is C24H28Cl2N2O3. The molecule has 1 fully saturated rings. The van der Waals surface area contributed by atoms with Crippen LogP contribution in [0.1, 0.15) is 43.7 Å². The molecule has 1 aliphatic rings. The van der Waals surface area contributed by atoms with E-state index >= 15 is 0 Å². The second-order valence-corrected chi connectivity index (χ2v) is 8.79. The van der Waals surface area contributed by atoms with Crippen LogP contribution in [0.3, 0.4) is 0 Å². The van der Waals surface area contributed by atoms with Crippen LogP contribution in [0.4, 0.5) is 0 Å². The first kappa shape index (κ1) is 23.4. The zero-order valence-corrected chi connectivity index (χ0v) is 19.4. The van der Waals surface area contributed by atoms with Crippen LogP contribution in [0.5, 0.6) is 5.75 Å². The third-order valence-electron chi connectivity index (χ3n) is 5.74. The van der Waals surface area contributed by atoms with Gasteiger partial charge in [0.25, 0.3) is 0 Å². The molecule has 0 saturated heterocycles. The number of carbonyl (C=O) groups is 2. The van der Waals surface area contributed by atoms with E-state index in [1.807, 2.05) is 24.3 Å². The van der Waals surface area contributed by atoms with Crippen LogP contribution < -0.4 is 10.1 Å². The molecule has 31 heavy (non-hydrogen) atoms. The maximum absolute atomic E-state index is 13.3.